The van der Waals surface area contributed by atoms with Crippen molar-refractivity contribution in [2.45, 2.75) is 64.2 Å². The zero-order valence-electron chi connectivity index (χ0n) is 12.8. The van der Waals surface area contributed by atoms with Crippen LogP contribution in [0.1, 0.15) is 46.5 Å². The Morgan fingerprint density at radius 1 is 1.00 bits per heavy atom. The Labute approximate surface area is 120 Å². The molecule has 1 aliphatic carbocycles. The van der Waals surface area contributed by atoms with Crippen molar-refractivity contribution in [1.82, 2.24) is 10.2 Å². The lowest BCUT2D eigenvalue weighted by atomic mass is 9.77. The van der Waals surface area contributed by atoms with Crippen LogP contribution in [0.15, 0.2) is 0 Å². The summed E-state index contributed by atoms with van der Waals surface area (Å²) in [5, 5.41) is 3.52. The number of alkyl halides is 3. The molecule has 2 atom stereocenters. The van der Waals surface area contributed by atoms with Crippen molar-refractivity contribution < 1.29 is 13.2 Å². The molecule has 2 fully saturated rings. The quantitative estimate of drug-likeness (QED) is 0.857. The van der Waals surface area contributed by atoms with Crippen molar-refractivity contribution in [3.8, 4) is 0 Å². The van der Waals surface area contributed by atoms with Crippen LogP contribution >= 0.6 is 0 Å². The molecule has 1 saturated carbocycles. The maximum atomic E-state index is 12.7. The SMILES string of the molecule is CC(C)(C)NCC1CCC1N1CCC(C(F)(F)F)CC1. The summed E-state index contributed by atoms with van der Waals surface area (Å²) in [6.07, 6.45) is -1.10. The fourth-order valence-electron chi connectivity index (χ4n) is 3.27. The first-order valence-electron chi connectivity index (χ1n) is 7.72. The lowest BCUT2D eigenvalue weighted by molar-refractivity contribution is -0.187. The van der Waals surface area contributed by atoms with Crippen LogP contribution in [-0.4, -0.2) is 42.3 Å². The van der Waals surface area contributed by atoms with Gasteiger partial charge in [-0.25, -0.2) is 0 Å². The van der Waals surface area contributed by atoms with Crippen LogP contribution in [0.25, 0.3) is 0 Å². The van der Waals surface area contributed by atoms with Gasteiger partial charge in [0.2, 0.25) is 0 Å². The summed E-state index contributed by atoms with van der Waals surface area (Å²) >= 11 is 0. The van der Waals surface area contributed by atoms with E-state index in [-0.39, 0.29) is 18.4 Å². The van der Waals surface area contributed by atoms with Crippen LogP contribution in [0.2, 0.25) is 0 Å². The molecule has 2 aliphatic rings. The summed E-state index contributed by atoms with van der Waals surface area (Å²) in [6.45, 7) is 8.65. The smallest absolute Gasteiger partial charge is 0.312 e. The van der Waals surface area contributed by atoms with Gasteiger partial charge in [0.1, 0.15) is 0 Å². The number of rotatable bonds is 3. The third-order valence-corrected chi connectivity index (χ3v) is 4.73. The fourth-order valence-corrected chi connectivity index (χ4v) is 3.27. The molecule has 2 unspecified atom stereocenters. The van der Waals surface area contributed by atoms with Crippen molar-refractivity contribution >= 4 is 0 Å². The minimum atomic E-state index is -4.00. The van der Waals surface area contributed by atoms with Crippen molar-refractivity contribution in [2.24, 2.45) is 11.8 Å². The van der Waals surface area contributed by atoms with E-state index in [4.69, 9.17) is 0 Å². The van der Waals surface area contributed by atoms with Gasteiger partial charge in [0, 0.05) is 11.6 Å². The molecule has 0 aromatic carbocycles. The van der Waals surface area contributed by atoms with Gasteiger partial charge in [0.15, 0.2) is 0 Å². The van der Waals surface area contributed by atoms with E-state index in [2.05, 4.69) is 31.0 Å². The standard InChI is InChI=1S/C15H27F3N2/c1-14(2,3)19-10-11-4-5-13(11)20-8-6-12(7-9-20)15(16,17)18/h11-13,19H,4-10H2,1-3H3. The molecule has 118 valence electrons. The summed E-state index contributed by atoms with van der Waals surface area (Å²) in [5.41, 5.74) is 0.115. The van der Waals surface area contributed by atoms with E-state index in [9.17, 15) is 13.2 Å². The van der Waals surface area contributed by atoms with E-state index >= 15 is 0 Å². The topological polar surface area (TPSA) is 15.3 Å². The highest BCUT2D eigenvalue weighted by molar-refractivity contribution is 4.93. The number of likely N-dealkylation sites (tertiary alicyclic amines) is 1. The Hall–Kier alpha value is -0.290. The highest BCUT2D eigenvalue weighted by Gasteiger charge is 2.44. The predicted molar refractivity (Wildman–Crippen MR) is 74.6 cm³/mol. The summed E-state index contributed by atoms with van der Waals surface area (Å²) in [4.78, 5) is 2.29. The van der Waals surface area contributed by atoms with Gasteiger partial charge in [-0.05, 0) is 72.0 Å². The first-order chi connectivity index (χ1) is 9.17. The Bertz CT molecular complexity index is 314. The molecule has 0 aromatic rings. The molecule has 5 heteroatoms. The van der Waals surface area contributed by atoms with E-state index in [1.807, 2.05) is 0 Å². The number of hydrogen-bond acceptors (Lipinski definition) is 2. The molecule has 0 radical (unpaired) electrons. The minimum absolute atomic E-state index is 0.115. The average Bonchev–Trinajstić information content (AvgIpc) is 2.25. The Morgan fingerprint density at radius 3 is 2.00 bits per heavy atom. The van der Waals surface area contributed by atoms with Crippen LogP contribution < -0.4 is 5.32 Å². The van der Waals surface area contributed by atoms with Gasteiger partial charge >= 0.3 is 6.18 Å². The average molecular weight is 292 g/mol. The molecule has 2 rings (SSSR count). The highest BCUT2D eigenvalue weighted by Crippen LogP contribution is 2.38. The molecular weight excluding hydrogens is 265 g/mol. The lowest BCUT2D eigenvalue weighted by Crippen LogP contribution is -2.55. The second kappa shape index (κ2) is 5.84. The third-order valence-electron chi connectivity index (χ3n) is 4.73. The number of piperidine rings is 1. The summed E-state index contributed by atoms with van der Waals surface area (Å²) in [6, 6.07) is 0.499. The van der Waals surface area contributed by atoms with E-state index in [1.54, 1.807) is 0 Å². The Kier molecular flexibility index (Phi) is 4.69. The Morgan fingerprint density at radius 2 is 1.60 bits per heavy atom. The molecule has 0 spiro atoms. The normalized spacial score (nSPS) is 30.3. The van der Waals surface area contributed by atoms with E-state index in [0.717, 1.165) is 13.0 Å². The number of nitrogens with one attached hydrogen (secondary N) is 1. The van der Waals surface area contributed by atoms with Crippen molar-refractivity contribution in [1.29, 1.82) is 0 Å². The molecule has 1 aliphatic heterocycles. The van der Waals surface area contributed by atoms with E-state index in [1.165, 1.54) is 6.42 Å². The third kappa shape index (κ3) is 4.10. The maximum absolute atomic E-state index is 12.7. The zero-order chi connectivity index (χ0) is 15.0. The van der Waals surface area contributed by atoms with Gasteiger partial charge in [-0.2, -0.15) is 13.2 Å². The monoisotopic (exact) mass is 292 g/mol. The van der Waals surface area contributed by atoms with Crippen LogP contribution in [-0.2, 0) is 0 Å². The molecule has 0 bridgehead atoms. The number of hydrogen-bond donors (Lipinski definition) is 1. The van der Waals surface area contributed by atoms with Crippen molar-refractivity contribution in [2.75, 3.05) is 19.6 Å². The van der Waals surface area contributed by atoms with Crippen molar-refractivity contribution in [3.05, 3.63) is 0 Å². The molecule has 0 amide bonds. The van der Waals surface area contributed by atoms with Gasteiger partial charge in [0.05, 0.1) is 5.92 Å². The van der Waals surface area contributed by atoms with Gasteiger partial charge in [-0.1, -0.05) is 0 Å². The van der Waals surface area contributed by atoms with E-state index in [0.29, 0.717) is 25.0 Å². The number of nitrogens with zero attached hydrogens (tertiary/aromatic N) is 1. The fraction of sp³-hybridized carbons (Fsp3) is 1.00. The van der Waals surface area contributed by atoms with Crippen molar-refractivity contribution in [3.63, 3.8) is 0 Å². The highest BCUT2D eigenvalue weighted by atomic mass is 19.4. The predicted octanol–water partition coefficient (Wildman–Crippen LogP) is 3.43. The van der Waals surface area contributed by atoms with E-state index < -0.39 is 12.1 Å². The van der Waals surface area contributed by atoms with Crippen LogP contribution in [0.3, 0.4) is 0 Å². The van der Waals surface area contributed by atoms with Gasteiger partial charge in [0.25, 0.3) is 0 Å². The molecule has 1 saturated heterocycles. The first-order valence-corrected chi connectivity index (χ1v) is 7.72. The van der Waals surface area contributed by atoms with Gasteiger partial charge in [-0.3, -0.25) is 0 Å². The molecule has 1 N–H and O–H groups in total. The summed E-state index contributed by atoms with van der Waals surface area (Å²) < 4.78 is 38.0. The molecule has 1 heterocycles. The first kappa shape index (κ1) is 16.1. The maximum Gasteiger partial charge on any atom is 0.391 e. The summed E-state index contributed by atoms with van der Waals surface area (Å²) in [5.74, 6) is -0.471. The van der Waals surface area contributed by atoms with Crippen LogP contribution in [0.4, 0.5) is 13.2 Å². The van der Waals surface area contributed by atoms with Gasteiger partial charge < -0.3 is 10.2 Å². The molecule has 20 heavy (non-hydrogen) atoms. The number of halogens is 3. The Balaban J connectivity index is 1.77. The van der Waals surface area contributed by atoms with Crippen LogP contribution in [0, 0.1) is 11.8 Å². The molecular formula is C15H27F3N2. The minimum Gasteiger partial charge on any atom is -0.312 e. The van der Waals surface area contributed by atoms with Gasteiger partial charge in [-0.15, -0.1) is 0 Å². The second-order valence-electron chi connectivity index (χ2n) is 7.39. The zero-order valence-corrected chi connectivity index (χ0v) is 12.8. The molecule has 2 nitrogen and oxygen atoms in total. The molecule has 0 aromatic heterocycles. The largest absolute Gasteiger partial charge is 0.391 e. The summed E-state index contributed by atoms with van der Waals surface area (Å²) in [7, 11) is 0. The second-order valence-corrected chi connectivity index (χ2v) is 7.39. The van der Waals surface area contributed by atoms with Crippen LogP contribution in [0.5, 0.6) is 0 Å². The lowest BCUT2D eigenvalue weighted by Gasteiger charge is -2.48.